The van der Waals surface area contributed by atoms with Gasteiger partial charge in [-0.1, -0.05) is 11.3 Å². The normalized spacial score (nSPS) is 15.6. The molecule has 7 nitrogen and oxygen atoms in total. The van der Waals surface area contributed by atoms with Gasteiger partial charge in [-0.2, -0.15) is 0 Å². The molecular weight excluding hydrogens is 314 g/mol. The summed E-state index contributed by atoms with van der Waals surface area (Å²) in [6.45, 7) is 5.58. The number of amides is 1. The maximum absolute atomic E-state index is 12.0. The van der Waals surface area contributed by atoms with Crippen LogP contribution in [-0.2, 0) is 4.79 Å². The molecule has 2 N–H and O–H groups in total. The van der Waals surface area contributed by atoms with Gasteiger partial charge in [0.2, 0.25) is 11.0 Å². The van der Waals surface area contributed by atoms with Gasteiger partial charge in [-0.05, 0) is 31.2 Å². The first-order valence-electron chi connectivity index (χ1n) is 7.46. The number of benzene rings is 1. The number of anilines is 2. The number of nitrogens with one attached hydrogen (secondary N) is 1. The number of aromatic hydroxyl groups is 1. The summed E-state index contributed by atoms with van der Waals surface area (Å²) < 4.78 is 0. The van der Waals surface area contributed by atoms with Crippen LogP contribution in [0.1, 0.15) is 5.01 Å². The molecule has 0 spiro atoms. The highest BCUT2D eigenvalue weighted by molar-refractivity contribution is 7.15. The van der Waals surface area contributed by atoms with E-state index in [0.29, 0.717) is 11.7 Å². The Bertz CT molecular complexity index is 665. The fourth-order valence-electron chi connectivity index (χ4n) is 2.54. The molecule has 2 aromatic rings. The van der Waals surface area contributed by atoms with Gasteiger partial charge in [-0.3, -0.25) is 15.0 Å². The van der Waals surface area contributed by atoms with E-state index in [-0.39, 0.29) is 11.7 Å². The number of aryl methyl sites for hydroxylation is 1. The molecule has 0 aliphatic carbocycles. The third-order valence-electron chi connectivity index (χ3n) is 3.73. The van der Waals surface area contributed by atoms with E-state index >= 15 is 0 Å². The largest absolute Gasteiger partial charge is 0.508 e. The maximum Gasteiger partial charge on any atom is 0.240 e. The summed E-state index contributed by atoms with van der Waals surface area (Å²) >= 11 is 1.38. The summed E-state index contributed by atoms with van der Waals surface area (Å²) in [5, 5.41) is 21.3. The SMILES string of the molecule is Cc1nnc(NC(=O)CN2CCN(c3ccc(O)cc3)CC2)s1. The standard InChI is InChI=1S/C15H19N5O2S/c1-11-17-18-15(23-11)16-14(22)10-19-6-8-20(9-7-19)12-2-4-13(21)5-3-12/h2-5,21H,6-10H2,1H3,(H,16,18,22). The van der Waals surface area contributed by atoms with Gasteiger partial charge in [-0.15, -0.1) is 10.2 Å². The van der Waals surface area contributed by atoms with Crippen molar-refractivity contribution in [3.05, 3.63) is 29.3 Å². The minimum atomic E-state index is -0.0563. The molecule has 0 bridgehead atoms. The van der Waals surface area contributed by atoms with Crippen molar-refractivity contribution in [1.82, 2.24) is 15.1 Å². The zero-order valence-corrected chi connectivity index (χ0v) is 13.7. The molecule has 0 radical (unpaired) electrons. The smallest absolute Gasteiger partial charge is 0.240 e. The highest BCUT2D eigenvalue weighted by Gasteiger charge is 2.19. The van der Waals surface area contributed by atoms with Gasteiger partial charge in [0.15, 0.2) is 0 Å². The molecule has 3 rings (SSSR count). The van der Waals surface area contributed by atoms with E-state index in [9.17, 15) is 9.90 Å². The first kappa shape index (κ1) is 15.7. The van der Waals surface area contributed by atoms with Gasteiger partial charge < -0.3 is 10.0 Å². The predicted molar refractivity (Wildman–Crippen MR) is 90.0 cm³/mol. The molecule has 8 heteroatoms. The average Bonchev–Trinajstić information content (AvgIpc) is 2.94. The Morgan fingerprint density at radius 3 is 2.52 bits per heavy atom. The second-order valence-electron chi connectivity index (χ2n) is 5.45. The topological polar surface area (TPSA) is 81.6 Å². The Hall–Kier alpha value is -2.19. The number of carbonyl (C=O) groups excluding carboxylic acids is 1. The summed E-state index contributed by atoms with van der Waals surface area (Å²) in [4.78, 5) is 16.4. The van der Waals surface area contributed by atoms with Crippen LogP contribution in [-0.4, -0.2) is 58.8 Å². The number of hydrogen-bond acceptors (Lipinski definition) is 7. The van der Waals surface area contributed by atoms with Crippen molar-refractivity contribution in [2.75, 3.05) is 42.9 Å². The van der Waals surface area contributed by atoms with E-state index in [4.69, 9.17) is 0 Å². The number of carbonyl (C=O) groups is 1. The molecule has 0 atom stereocenters. The van der Waals surface area contributed by atoms with Gasteiger partial charge in [0.25, 0.3) is 0 Å². The van der Waals surface area contributed by atoms with Crippen molar-refractivity contribution in [3.8, 4) is 5.75 Å². The lowest BCUT2D eigenvalue weighted by Crippen LogP contribution is -2.48. The maximum atomic E-state index is 12.0. The summed E-state index contributed by atoms with van der Waals surface area (Å²) in [7, 11) is 0. The average molecular weight is 333 g/mol. The molecule has 0 unspecified atom stereocenters. The third-order valence-corrected chi connectivity index (χ3v) is 4.48. The van der Waals surface area contributed by atoms with E-state index in [1.165, 1.54) is 11.3 Å². The second-order valence-corrected chi connectivity index (χ2v) is 6.64. The monoisotopic (exact) mass is 333 g/mol. The first-order chi connectivity index (χ1) is 11.1. The second kappa shape index (κ2) is 6.93. The van der Waals surface area contributed by atoms with E-state index in [0.717, 1.165) is 36.9 Å². The Morgan fingerprint density at radius 1 is 1.22 bits per heavy atom. The minimum Gasteiger partial charge on any atom is -0.508 e. The molecule has 23 heavy (non-hydrogen) atoms. The molecule has 1 aliphatic rings. The number of phenolic OH excluding ortho intramolecular Hbond substituents is 1. The fourth-order valence-corrected chi connectivity index (χ4v) is 3.14. The first-order valence-corrected chi connectivity index (χ1v) is 8.28. The summed E-state index contributed by atoms with van der Waals surface area (Å²) in [6, 6.07) is 7.21. The minimum absolute atomic E-state index is 0.0563. The summed E-state index contributed by atoms with van der Waals surface area (Å²) in [5.74, 6) is 0.218. The van der Waals surface area contributed by atoms with Crippen LogP contribution >= 0.6 is 11.3 Å². The molecular formula is C15H19N5O2S. The molecule has 122 valence electrons. The Kier molecular flexibility index (Phi) is 4.73. The van der Waals surface area contributed by atoms with Gasteiger partial charge in [0.05, 0.1) is 6.54 Å². The van der Waals surface area contributed by atoms with Crippen LogP contribution in [0.4, 0.5) is 10.8 Å². The van der Waals surface area contributed by atoms with E-state index < -0.39 is 0 Å². The Balaban J connectivity index is 1.47. The predicted octanol–water partition coefficient (Wildman–Crippen LogP) is 1.31. The zero-order chi connectivity index (χ0) is 16.2. The van der Waals surface area contributed by atoms with Crippen LogP contribution in [0.3, 0.4) is 0 Å². The van der Waals surface area contributed by atoms with E-state index in [2.05, 4.69) is 25.3 Å². The Morgan fingerprint density at radius 2 is 1.91 bits per heavy atom. The number of aromatic nitrogens is 2. The van der Waals surface area contributed by atoms with Crippen molar-refractivity contribution >= 4 is 28.1 Å². The van der Waals surface area contributed by atoms with Crippen molar-refractivity contribution in [2.45, 2.75) is 6.92 Å². The summed E-state index contributed by atoms with van der Waals surface area (Å²) in [6.07, 6.45) is 0. The quantitative estimate of drug-likeness (QED) is 0.878. The van der Waals surface area contributed by atoms with Gasteiger partial charge >= 0.3 is 0 Å². The van der Waals surface area contributed by atoms with E-state index in [1.54, 1.807) is 12.1 Å². The van der Waals surface area contributed by atoms with Crippen LogP contribution in [0, 0.1) is 6.92 Å². The molecule has 1 saturated heterocycles. The fraction of sp³-hybridized carbons (Fsp3) is 0.400. The molecule has 2 heterocycles. The van der Waals surface area contributed by atoms with Crippen LogP contribution in [0.5, 0.6) is 5.75 Å². The van der Waals surface area contributed by atoms with Crippen LogP contribution in [0.15, 0.2) is 24.3 Å². The third kappa shape index (κ3) is 4.17. The Labute approximate surface area is 138 Å². The zero-order valence-electron chi connectivity index (χ0n) is 12.9. The lowest BCUT2D eigenvalue weighted by molar-refractivity contribution is -0.117. The van der Waals surface area contributed by atoms with Gasteiger partial charge in [0, 0.05) is 31.9 Å². The lowest BCUT2D eigenvalue weighted by Gasteiger charge is -2.35. The van der Waals surface area contributed by atoms with Crippen LogP contribution < -0.4 is 10.2 Å². The van der Waals surface area contributed by atoms with Crippen molar-refractivity contribution in [1.29, 1.82) is 0 Å². The summed E-state index contributed by atoms with van der Waals surface area (Å²) in [5.41, 5.74) is 1.09. The number of nitrogens with zero attached hydrogens (tertiary/aromatic N) is 4. The van der Waals surface area contributed by atoms with Crippen molar-refractivity contribution in [3.63, 3.8) is 0 Å². The molecule has 1 aliphatic heterocycles. The van der Waals surface area contributed by atoms with Crippen molar-refractivity contribution < 1.29 is 9.90 Å². The van der Waals surface area contributed by atoms with Crippen molar-refractivity contribution in [2.24, 2.45) is 0 Å². The number of phenols is 1. The highest BCUT2D eigenvalue weighted by atomic mass is 32.1. The van der Waals surface area contributed by atoms with Crippen LogP contribution in [0.2, 0.25) is 0 Å². The highest BCUT2D eigenvalue weighted by Crippen LogP contribution is 2.20. The molecule has 1 aromatic heterocycles. The van der Waals surface area contributed by atoms with Gasteiger partial charge in [0.1, 0.15) is 10.8 Å². The molecule has 1 aromatic carbocycles. The van der Waals surface area contributed by atoms with Gasteiger partial charge in [-0.25, -0.2) is 0 Å². The lowest BCUT2D eigenvalue weighted by atomic mass is 10.2. The number of piperazine rings is 1. The number of hydrogen-bond donors (Lipinski definition) is 2. The van der Waals surface area contributed by atoms with E-state index in [1.807, 2.05) is 19.1 Å². The van der Waals surface area contributed by atoms with Crippen LogP contribution in [0.25, 0.3) is 0 Å². The number of rotatable bonds is 4. The molecule has 1 fully saturated rings. The molecule has 1 amide bonds. The molecule has 0 saturated carbocycles.